The van der Waals surface area contributed by atoms with E-state index in [1.54, 1.807) is 6.92 Å². The van der Waals surface area contributed by atoms with E-state index in [0.29, 0.717) is 49.9 Å². The number of ether oxygens (including phenoxy) is 1. The van der Waals surface area contributed by atoms with Gasteiger partial charge in [0.15, 0.2) is 11.1 Å². The van der Waals surface area contributed by atoms with Crippen molar-refractivity contribution < 1.29 is 27.8 Å². The predicted octanol–water partition coefficient (Wildman–Crippen LogP) is 1.93. The Bertz CT molecular complexity index is 841. The Morgan fingerprint density at radius 2 is 2.09 bits per heavy atom. The molecule has 182 valence electrons. The summed E-state index contributed by atoms with van der Waals surface area (Å²) in [5.41, 5.74) is 1.11. The van der Waals surface area contributed by atoms with E-state index in [4.69, 9.17) is 9.84 Å². The molecule has 0 aromatic heterocycles. The number of aliphatic hydroxyl groups is 2. The number of amidine groups is 1. The van der Waals surface area contributed by atoms with Crippen molar-refractivity contribution >= 4 is 33.0 Å². The first-order chi connectivity index (χ1) is 15.2. The van der Waals surface area contributed by atoms with Gasteiger partial charge in [-0.05, 0) is 50.4 Å². The first-order valence-electron chi connectivity index (χ1n) is 11.0. The zero-order chi connectivity index (χ0) is 23.3. The molecule has 0 spiro atoms. The van der Waals surface area contributed by atoms with Crippen molar-refractivity contribution in [3.05, 3.63) is 11.0 Å². The van der Waals surface area contributed by atoms with Gasteiger partial charge in [0.25, 0.3) is 10.2 Å². The molecular weight excluding hydrogens is 459 g/mol. The molecule has 2 aliphatic heterocycles. The first-order valence-corrected chi connectivity index (χ1v) is 13.3. The summed E-state index contributed by atoms with van der Waals surface area (Å²) in [6.07, 6.45) is -0.101. The Morgan fingerprint density at radius 3 is 2.72 bits per heavy atom. The number of aliphatic hydroxyl groups excluding tert-OH is 2. The molecule has 3 rings (SSSR count). The number of thioether (sulfide) groups is 1. The highest BCUT2D eigenvalue weighted by Crippen LogP contribution is 2.29. The zero-order valence-electron chi connectivity index (χ0n) is 18.5. The second-order valence-electron chi connectivity index (χ2n) is 8.65. The summed E-state index contributed by atoms with van der Waals surface area (Å²) in [4.78, 5) is 8.82. The van der Waals surface area contributed by atoms with Gasteiger partial charge in [0.05, 0.1) is 13.0 Å². The maximum atomic E-state index is 13.4. The van der Waals surface area contributed by atoms with Crippen LogP contribution < -0.4 is 4.72 Å². The third-order valence-corrected chi connectivity index (χ3v) is 8.25. The van der Waals surface area contributed by atoms with Gasteiger partial charge in [-0.3, -0.25) is 0 Å². The van der Waals surface area contributed by atoms with Crippen LogP contribution in [-0.4, -0.2) is 78.2 Å². The SMILES string of the molecule is CC1CCN(S(=O)(=O)NC2CC(O[C@H](C)[C@@H](O)CO)=NC(SC=C3CCC(F)CC3)=N2)C1. The largest absolute Gasteiger partial charge is 0.475 e. The summed E-state index contributed by atoms with van der Waals surface area (Å²) in [7, 11) is -3.72. The molecule has 1 saturated carbocycles. The highest BCUT2D eigenvalue weighted by molar-refractivity contribution is 8.16. The lowest BCUT2D eigenvalue weighted by atomic mass is 9.95. The van der Waals surface area contributed by atoms with Crippen molar-refractivity contribution in [3.63, 3.8) is 0 Å². The number of aliphatic imine (C=N–C) groups is 2. The molecule has 2 fully saturated rings. The molecule has 2 unspecified atom stereocenters. The number of rotatable bonds is 7. The van der Waals surface area contributed by atoms with E-state index < -0.39 is 41.4 Å². The summed E-state index contributed by atoms with van der Waals surface area (Å²) in [5, 5.41) is 21.2. The fraction of sp³-hybridized carbons (Fsp3) is 0.800. The van der Waals surface area contributed by atoms with Crippen molar-refractivity contribution in [1.29, 1.82) is 0 Å². The van der Waals surface area contributed by atoms with Gasteiger partial charge in [-0.2, -0.15) is 22.4 Å². The molecule has 1 aliphatic carbocycles. The van der Waals surface area contributed by atoms with Crippen LogP contribution in [0.1, 0.15) is 52.4 Å². The number of halogens is 1. The van der Waals surface area contributed by atoms with Gasteiger partial charge in [-0.15, -0.1) is 0 Å². The molecule has 0 radical (unpaired) electrons. The Morgan fingerprint density at radius 1 is 1.38 bits per heavy atom. The van der Waals surface area contributed by atoms with Crippen LogP contribution in [0.2, 0.25) is 0 Å². The Hall–Kier alpha value is -1.05. The smallest absolute Gasteiger partial charge is 0.281 e. The van der Waals surface area contributed by atoms with Crippen LogP contribution in [0.25, 0.3) is 0 Å². The quantitative estimate of drug-likeness (QED) is 0.499. The van der Waals surface area contributed by atoms with Gasteiger partial charge in [0.2, 0.25) is 0 Å². The average Bonchev–Trinajstić information content (AvgIpc) is 3.19. The summed E-state index contributed by atoms with van der Waals surface area (Å²) in [6.45, 7) is 4.08. The molecule has 0 aromatic carbocycles. The second kappa shape index (κ2) is 11.4. The summed E-state index contributed by atoms with van der Waals surface area (Å²) < 4.78 is 48.7. The normalized spacial score (nSPS) is 29.3. The minimum absolute atomic E-state index is 0.0925. The lowest BCUT2D eigenvalue weighted by molar-refractivity contribution is 0.00103. The van der Waals surface area contributed by atoms with Gasteiger partial charge >= 0.3 is 0 Å². The second-order valence-corrected chi connectivity index (χ2v) is 11.2. The van der Waals surface area contributed by atoms with Crippen LogP contribution in [0, 0.1) is 5.92 Å². The van der Waals surface area contributed by atoms with E-state index in [0.717, 1.165) is 12.0 Å². The molecule has 9 nitrogen and oxygen atoms in total. The molecule has 0 bridgehead atoms. The van der Waals surface area contributed by atoms with Gasteiger partial charge in [-0.1, -0.05) is 24.3 Å². The number of nitrogens with zero attached hydrogens (tertiary/aromatic N) is 3. The van der Waals surface area contributed by atoms with Gasteiger partial charge < -0.3 is 14.9 Å². The number of allylic oxidation sites excluding steroid dienone is 1. The van der Waals surface area contributed by atoms with Crippen LogP contribution in [0.5, 0.6) is 0 Å². The third kappa shape index (κ3) is 7.22. The highest BCUT2D eigenvalue weighted by atomic mass is 32.2. The lowest BCUT2D eigenvalue weighted by Crippen LogP contribution is -2.46. The molecule has 3 aliphatic rings. The fourth-order valence-electron chi connectivity index (χ4n) is 3.73. The minimum Gasteiger partial charge on any atom is -0.475 e. The van der Waals surface area contributed by atoms with Crippen LogP contribution in [0.15, 0.2) is 21.0 Å². The number of hydrogen-bond donors (Lipinski definition) is 3. The maximum absolute atomic E-state index is 13.4. The molecule has 2 heterocycles. The van der Waals surface area contributed by atoms with Crippen LogP contribution >= 0.6 is 11.8 Å². The monoisotopic (exact) mass is 492 g/mol. The predicted molar refractivity (Wildman–Crippen MR) is 123 cm³/mol. The van der Waals surface area contributed by atoms with Gasteiger partial charge in [-0.25, -0.2) is 9.38 Å². The van der Waals surface area contributed by atoms with E-state index >= 15 is 0 Å². The fourth-order valence-corrected chi connectivity index (χ4v) is 6.01. The average molecular weight is 493 g/mol. The third-order valence-electron chi connectivity index (χ3n) is 5.81. The molecular formula is C20H33FN4O5S2. The van der Waals surface area contributed by atoms with Crippen molar-refractivity contribution in [1.82, 2.24) is 9.03 Å². The summed E-state index contributed by atoms with van der Waals surface area (Å²) in [5.74, 6) is 0.538. The van der Waals surface area contributed by atoms with E-state index in [2.05, 4.69) is 14.7 Å². The van der Waals surface area contributed by atoms with Gasteiger partial charge in [0.1, 0.15) is 24.5 Å². The van der Waals surface area contributed by atoms with Crippen molar-refractivity contribution in [2.45, 2.75) is 76.9 Å². The summed E-state index contributed by atoms with van der Waals surface area (Å²) >= 11 is 1.25. The molecule has 3 N–H and O–H groups in total. The van der Waals surface area contributed by atoms with Gasteiger partial charge in [0, 0.05) is 13.1 Å². The molecule has 4 atom stereocenters. The van der Waals surface area contributed by atoms with Crippen LogP contribution in [0.4, 0.5) is 4.39 Å². The number of hydrogen-bond acceptors (Lipinski definition) is 8. The highest BCUT2D eigenvalue weighted by Gasteiger charge is 2.33. The van der Waals surface area contributed by atoms with Crippen molar-refractivity contribution in [3.8, 4) is 0 Å². The first kappa shape index (κ1) is 25.6. The molecule has 1 saturated heterocycles. The lowest BCUT2D eigenvalue weighted by Gasteiger charge is -2.26. The number of nitrogens with one attached hydrogen (secondary N) is 1. The minimum atomic E-state index is -3.72. The van der Waals surface area contributed by atoms with E-state index in [9.17, 15) is 17.9 Å². The molecule has 0 aromatic rings. The van der Waals surface area contributed by atoms with Crippen molar-refractivity contribution in [2.75, 3.05) is 19.7 Å². The molecule has 0 amide bonds. The Balaban J connectivity index is 1.72. The van der Waals surface area contributed by atoms with Crippen LogP contribution in [0.3, 0.4) is 0 Å². The van der Waals surface area contributed by atoms with E-state index in [-0.39, 0.29) is 12.3 Å². The Kier molecular flexibility index (Phi) is 9.10. The van der Waals surface area contributed by atoms with E-state index in [1.165, 1.54) is 16.1 Å². The van der Waals surface area contributed by atoms with Crippen molar-refractivity contribution in [2.24, 2.45) is 15.9 Å². The molecule has 12 heteroatoms. The molecule has 32 heavy (non-hydrogen) atoms. The zero-order valence-corrected chi connectivity index (χ0v) is 20.1. The Labute approximate surface area is 193 Å². The standard InChI is InChI=1S/C20H33FN4O5S2/c1-13-7-8-25(10-13)32(28,29)24-18-9-19(30-14(2)17(27)11-26)23-20(22-18)31-12-15-3-5-16(21)6-4-15/h12-14,16-18,24,26-27H,3-11H2,1-2H3/t13?,14-,16?,17+,18?/m1/s1. The van der Waals surface area contributed by atoms with E-state index in [1.807, 2.05) is 12.3 Å². The van der Waals surface area contributed by atoms with Crippen LogP contribution in [-0.2, 0) is 14.9 Å². The number of alkyl halides is 1. The maximum Gasteiger partial charge on any atom is 0.281 e. The summed E-state index contributed by atoms with van der Waals surface area (Å²) in [6, 6.07) is 0. The topological polar surface area (TPSA) is 124 Å².